The zero-order valence-electron chi connectivity index (χ0n) is 12.1. The van der Waals surface area contributed by atoms with Crippen LogP contribution in [0.5, 0.6) is 5.75 Å². The molecule has 0 spiro atoms. The Morgan fingerprint density at radius 3 is 2.53 bits per heavy atom. The van der Waals surface area contributed by atoms with E-state index in [0.717, 1.165) is 25.1 Å². The summed E-state index contributed by atoms with van der Waals surface area (Å²) in [6.07, 6.45) is 1.59. The Kier molecular flexibility index (Phi) is 6.36. The van der Waals surface area contributed by atoms with Crippen molar-refractivity contribution in [3.05, 3.63) is 29.8 Å². The van der Waals surface area contributed by atoms with Gasteiger partial charge in [0.1, 0.15) is 5.75 Å². The highest BCUT2D eigenvalue weighted by molar-refractivity contribution is 5.78. The highest BCUT2D eigenvalue weighted by Crippen LogP contribution is 2.12. The molecule has 0 saturated heterocycles. The summed E-state index contributed by atoms with van der Waals surface area (Å²) in [5.41, 5.74) is 6.68. The molecule has 1 unspecified atom stereocenters. The van der Waals surface area contributed by atoms with E-state index in [9.17, 15) is 4.79 Å². The molecule has 0 aliphatic rings. The molecule has 1 amide bonds. The first-order chi connectivity index (χ1) is 9.08. The third-order valence-corrected chi connectivity index (χ3v) is 3.29. The first-order valence-electron chi connectivity index (χ1n) is 6.66. The molecule has 4 heteroatoms. The molecule has 0 bridgehead atoms. The van der Waals surface area contributed by atoms with E-state index in [1.807, 2.05) is 38.2 Å². The van der Waals surface area contributed by atoms with Crippen molar-refractivity contribution in [2.24, 2.45) is 11.7 Å². The van der Waals surface area contributed by atoms with Crippen LogP contribution >= 0.6 is 0 Å². The predicted octanol–water partition coefficient (Wildman–Crippen LogP) is 1.68. The molecule has 0 radical (unpaired) electrons. The van der Waals surface area contributed by atoms with Gasteiger partial charge in [-0.15, -0.1) is 0 Å². The Hall–Kier alpha value is -1.55. The average Bonchev–Trinajstić information content (AvgIpc) is 2.44. The van der Waals surface area contributed by atoms with Crippen molar-refractivity contribution in [3.63, 3.8) is 0 Å². The second-order valence-electron chi connectivity index (χ2n) is 4.84. The Labute approximate surface area is 115 Å². The molecule has 0 heterocycles. The molecule has 19 heavy (non-hydrogen) atoms. The summed E-state index contributed by atoms with van der Waals surface area (Å²) >= 11 is 0. The van der Waals surface area contributed by atoms with Crippen LogP contribution in [-0.4, -0.2) is 38.1 Å². The number of amides is 1. The monoisotopic (exact) mass is 264 g/mol. The zero-order valence-corrected chi connectivity index (χ0v) is 12.1. The third kappa shape index (κ3) is 4.91. The maximum atomic E-state index is 12.0. The van der Waals surface area contributed by atoms with Gasteiger partial charge in [-0.3, -0.25) is 4.79 Å². The van der Waals surface area contributed by atoms with Gasteiger partial charge >= 0.3 is 0 Å². The average molecular weight is 264 g/mol. The van der Waals surface area contributed by atoms with E-state index >= 15 is 0 Å². The molecule has 0 aromatic heterocycles. The van der Waals surface area contributed by atoms with Crippen LogP contribution in [0.25, 0.3) is 0 Å². The van der Waals surface area contributed by atoms with Gasteiger partial charge in [-0.2, -0.15) is 0 Å². The van der Waals surface area contributed by atoms with Gasteiger partial charge in [-0.05, 0) is 37.1 Å². The molecular weight excluding hydrogens is 240 g/mol. The Balaban J connectivity index is 2.44. The molecule has 0 aliphatic heterocycles. The maximum Gasteiger partial charge on any atom is 0.225 e. The fraction of sp³-hybridized carbons (Fsp3) is 0.533. The summed E-state index contributed by atoms with van der Waals surface area (Å²) in [5.74, 6) is 1.02. The number of benzene rings is 1. The lowest BCUT2D eigenvalue weighted by atomic mass is 10.1. The third-order valence-electron chi connectivity index (χ3n) is 3.29. The number of ether oxygens (including phenoxy) is 1. The van der Waals surface area contributed by atoms with Gasteiger partial charge in [0.25, 0.3) is 0 Å². The van der Waals surface area contributed by atoms with E-state index < -0.39 is 0 Å². The topological polar surface area (TPSA) is 55.6 Å². The highest BCUT2D eigenvalue weighted by atomic mass is 16.5. The maximum absolute atomic E-state index is 12.0. The van der Waals surface area contributed by atoms with Gasteiger partial charge in [0.15, 0.2) is 0 Å². The zero-order chi connectivity index (χ0) is 14.3. The molecule has 1 rings (SSSR count). The van der Waals surface area contributed by atoms with Crippen molar-refractivity contribution in [2.75, 3.05) is 27.2 Å². The lowest BCUT2D eigenvalue weighted by molar-refractivity contribution is -0.133. The van der Waals surface area contributed by atoms with Crippen LogP contribution in [0.2, 0.25) is 0 Å². The van der Waals surface area contributed by atoms with Crippen LogP contribution in [0, 0.1) is 5.92 Å². The van der Waals surface area contributed by atoms with Gasteiger partial charge < -0.3 is 15.4 Å². The summed E-state index contributed by atoms with van der Waals surface area (Å²) in [6.45, 7) is 3.21. The largest absolute Gasteiger partial charge is 0.497 e. The van der Waals surface area contributed by atoms with Crippen molar-refractivity contribution in [3.8, 4) is 5.75 Å². The number of nitrogens with two attached hydrogens (primary N) is 1. The quantitative estimate of drug-likeness (QED) is 0.815. The van der Waals surface area contributed by atoms with Crippen molar-refractivity contribution >= 4 is 5.91 Å². The second-order valence-corrected chi connectivity index (χ2v) is 4.84. The summed E-state index contributed by atoms with van der Waals surface area (Å²) in [5, 5.41) is 0. The first-order valence-corrected chi connectivity index (χ1v) is 6.66. The predicted molar refractivity (Wildman–Crippen MR) is 77.2 cm³/mol. The van der Waals surface area contributed by atoms with Crippen LogP contribution in [0.4, 0.5) is 0 Å². The fourth-order valence-corrected chi connectivity index (χ4v) is 1.95. The van der Waals surface area contributed by atoms with E-state index in [-0.39, 0.29) is 11.8 Å². The Bertz CT molecular complexity index is 390. The molecule has 0 saturated carbocycles. The number of carbonyl (C=O) groups is 1. The van der Waals surface area contributed by atoms with Crippen LogP contribution in [0.15, 0.2) is 24.3 Å². The summed E-state index contributed by atoms with van der Waals surface area (Å²) in [6, 6.07) is 7.93. The smallest absolute Gasteiger partial charge is 0.225 e. The molecule has 2 N–H and O–H groups in total. The van der Waals surface area contributed by atoms with Gasteiger partial charge in [-0.25, -0.2) is 0 Å². The minimum atomic E-state index is 0.00543. The van der Waals surface area contributed by atoms with Crippen LogP contribution < -0.4 is 10.5 Å². The number of carbonyl (C=O) groups excluding carboxylic acids is 1. The second kappa shape index (κ2) is 7.79. The van der Waals surface area contributed by atoms with Gasteiger partial charge in [0.05, 0.1) is 7.11 Å². The van der Waals surface area contributed by atoms with E-state index in [2.05, 4.69) is 0 Å². The van der Waals surface area contributed by atoms with Crippen LogP contribution in [0.3, 0.4) is 0 Å². The summed E-state index contributed by atoms with van der Waals surface area (Å²) in [4.78, 5) is 13.8. The number of hydrogen-bond donors (Lipinski definition) is 1. The fourth-order valence-electron chi connectivity index (χ4n) is 1.95. The number of likely N-dealkylation sites (N-methyl/N-ethyl adjacent to an activating group) is 1. The normalized spacial score (nSPS) is 12.0. The van der Waals surface area contributed by atoms with Gasteiger partial charge in [0, 0.05) is 19.5 Å². The number of methoxy groups -OCH3 is 1. The summed E-state index contributed by atoms with van der Waals surface area (Å²) < 4.78 is 5.11. The standard InChI is InChI=1S/C15H24N2O2/c1-12(8-10-16)15(18)17(2)11-9-13-4-6-14(19-3)7-5-13/h4-7,12H,8-11,16H2,1-3H3. The lowest BCUT2D eigenvalue weighted by Gasteiger charge is -2.21. The lowest BCUT2D eigenvalue weighted by Crippen LogP contribution is -2.34. The number of nitrogens with zero attached hydrogens (tertiary/aromatic N) is 1. The Morgan fingerprint density at radius 2 is 2.00 bits per heavy atom. The van der Waals surface area contributed by atoms with Crippen molar-refractivity contribution < 1.29 is 9.53 Å². The number of rotatable bonds is 7. The van der Waals surface area contributed by atoms with Gasteiger partial charge in [0.2, 0.25) is 5.91 Å². The molecular formula is C15H24N2O2. The van der Waals surface area contributed by atoms with Crippen molar-refractivity contribution in [1.82, 2.24) is 4.90 Å². The molecule has 1 aromatic carbocycles. The Morgan fingerprint density at radius 1 is 1.37 bits per heavy atom. The van der Waals surface area contributed by atoms with Gasteiger partial charge in [-0.1, -0.05) is 19.1 Å². The number of hydrogen-bond acceptors (Lipinski definition) is 3. The molecule has 4 nitrogen and oxygen atoms in total. The van der Waals surface area contributed by atoms with E-state index in [4.69, 9.17) is 10.5 Å². The van der Waals surface area contributed by atoms with Crippen molar-refractivity contribution in [1.29, 1.82) is 0 Å². The SMILES string of the molecule is COc1ccc(CCN(C)C(=O)C(C)CCN)cc1. The first kappa shape index (κ1) is 15.5. The van der Waals surface area contributed by atoms with E-state index in [1.54, 1.807) is 12.0 Å². The molecule has 0 fully saturated rings. The molecule has 106 valence electrons. The summed E-state index contributed by atoms with van der Waals surface area (Å²) in [7, 11) is 3.50. The minimum Gasteiger partial charge on any atom is -0.497 e. The van der Waals surface area contributed by atoms with E-state index in [1.165, 1.54) is 5.56 Å². The molecule has 0 aliphatic carbocycles. The minimum absolute atomic E-state index is 0.00543. The molecule has 1 aromatic rings. The molecule has 1 atom stereocenters. The highest BCUT2D eigenvalue weighted by Gasteiger charge is 2.16. The van der Waals surface area contributed by atoms with E-state index in [0.29, 0.717) is 6.54 Å². The van der Waals surface area contributed by atoms with Crippen molar-refractivity contribution in [2.45, 2.75) is 19.8 Å². The van der Waals surface area contributed by atoms with Crippen LogP contribution in [0.1, 0.15) is 18.9 Å². The van der Waals surface area contributed by atoms with Crippen LogP contribution in [-0.2, 0) is 11.2 Å².